The van der Waals surface area contributed by atoms with Crippen molar-refractivity contribution in [2.75, 3.05) is 5.32 Å². The van der Waals surface area contributed by atoms with Gasteiger partial charge in [-0.05, 0) is 17.0 Å². The molecule has 18 heavy (non-hydrogen) atoms. The summed E-state index contributed by atoms with van der Waals surface area (Å²) in [6, 6.07) is 4.10. The zero-order valence-electron chi connectivity index (χ0n) is 11.3. The Bertz CT molecular complexity index is 507. The third-order valence-electron chi connectivity index (χ3n) is 2.86. The van der Waals surface area contributed by atoms with E-state index in [1.54, 1.807) is 6.33 Å². The number of pyridine rings is 1. The van der Waals surface area contributed by atoms with Crippen molar-refractivity contribution in [3.63, 3.8) is 0 Å². The Morgan fingerprint density at radius 3 is 2.56 bits per heavy atom. The standard InChI is InChI=1S/C13H19N5/c1-13(2,3)10-5-6-11(14-7-10)15-8-12-17-16-9-18(12)4/h5-7,9H,8H2,1-4H3,(H,14,15). The summed E-state index contributed by atoms with van der Waals surface area (Å²) in [6.45, 7) is 7.16. The second-order valence-electron chi connectivity index (χ2n) is 5.39. The lowest BCUT2D eigenvalue weighted by atomic mass is 9.88. The second kappa shape index (κ2) is 4.76. The first-order valence-corrected chi connectivity index (χ1v) is 6.00. The van der Waals surface area contributed by atoms with Gasteiger partial charge in [0.2, 0.25) is 0 Å². The Balaban J connectivity index is 2.01. The average Bonchev–Trinajstić information content (AvgIpc) is 2.72. The molecule has 0 aliphatic rings. The van der Waals surface area contributed by atoms with Crippen molar-refractivity contribution in [3.8, 4) is 0 Å². The molecule has 96 valence electrons. The summed E-state index contributed by atoms with van der Waals surface area (Å²) in [6.07, 6.45) is 3.60. The van der Waals surface area contributed by atoms with Gasteiger partial charge in [0, 0.05) is 13.2 Å². The molecule has 0 saturated carbocycles. The van der Waals surface area contributed by atoms with Gasteiger partial charge in [-0.15, -0.1) is 10.2 Å². The van der Waals surface area contributed by atoms with E-state index in [1.807, 2.05) is 23.9 Å². The van der Waals surface area contributed by atoms with E-state index in [-0.39, 0.29) is 5.41 Å². The number of hydrogen-bond acceptors (Lipinski definition) is 4. The van der Waals surface area contributed by atoms with Gasteiger partial charge in [-0.2, -0.15) is 0 Å². The third kappa shape index (κ3) is 2.85. The zero-order chi connectivity index (χ0) is 13.2. The highest BCUT2D eigenvalue weighted by atomic mass is 15.3. The summed E-state index contributed by atoms with van der Waals surface area (Å²) >= 11 is 0. The molecule has 0 bridgehead atoms. The first-order valence-electron chi connectivity index (χ1n) is 6.00. The van der Waals surface area contributed by atoms with Crippen LogP contribution < -0.4 is 5.32 Å². The SMILES string of the molecule is Cn1cnnc1CNc1ccc(C(C)(C)C)cn1. The molecule has 2 rings (SSSR count). The summed E-state index contributed by atoms with van der Waals surface area (Å²) in [5.74, 6) is 1.74. The van der Waals surface area contributed by atoms with Crippen molar-refractivity contribution < 1.29 is 0 Å². The molecule has 0 aromatic carbocycles. The van der Waals surface area contributed by atoms with Crippen molar-refractivity contribution in [1.82, 2.24) is 19.7 Å². The smallest absolute Gasteiger partial charge is 0.151 e. The van der Waals surface area contributed by atoms with E-state index in [2.05, 4.69) is 47.3 Å². The topological polar surface area (TPSA) is 55.6 Å². The summed E-state index contributed by atoms with van der Waals surface area (Å²) in [7, 11) is 1.92. The van der Waals surface area contributed by atoms with E-state index in [0.29, 0.717) is 6.54 Å². The first kappa shape index (κ1) is 12.5. The fourth-order valence-corrected chi connectivity index (χ4v) is 1.58. The Labute approximate surface area is 107 Å². The summed E-state index contributed by atoms with van der Waals surface area (Å²) in [4.78, 5) is 4.41. The van der Waals surface area contributed by atoms with Gasteiger partial charge in [-0.25, -0.2) is 4.98 Å². The van der Waals surface area contributed by atoms with Crippen LogP contribution in [0.2, 0.25) is 0 Å². The quantitative estimate of drug-likeness (QED) is 0.900. The fraction of sp³-hybridized carbons (Fsp3) is 0.462. The van der Waals surface area contributed by atoms with Crippen molar-refractivity contribution in [2.24, 2.45) is 7.05 Å². The molecule has 0 amide bonds. The van der Waals surface area contributed by atoms with Gasteiger partial charge in [0.15, 0.2) is 5.82 Å². The first-order chi connectivity index (χ1) is 8.47. The molecule has 5 heteroatoms. The largest absolute Gasteiger partial charge is 0.363 e. The third-order valence-corrected chi connectivity index (χ3v) is 2.86. The molecule has 2 heterocycles. The van der Waals surface area contributed by atoms with E-state index >= 15 is 0 Å². The highest BCUT2D eigenvalue weighted by molar-refractivity contribution is 5.37. The maximum absolute atomic E-state index is 4.41. The van der Waals surface area contributed by atoms with Gasteiger partial charge in [-0.1, -0.05) is 26.8 Å². The summed E-state index contributed by atoms with van der Waals surface area (Å²) in [5, 5.41) is 11.1. The van der Waals surface area contributed by atoms with Crippen LogP contribution >= 0.6 is 0 Å². The van der Waals surface area contributed by atoms with Crippen molar-refractivity contribution in [1.29, 1.82) is 0 Å². The second-order valence-corrected chi connectivity index (χ2v) is 5.39. The van der Waals surface area contributed by atoms with Gasteiger partial charge >= 0.3 is 0 Å². The number of rotatable bonds is 3. The molecule has 0 unspecified atom stereocenters. The van der Waals surface area contributed by atoms with Crippen LogP contribution in [0.5, 0.6) is 0 Å². The lowest BCUT2D eigenvalue weighted by Crippen LogP contribution is -2.12. The molecule has 0 spiro atoms. The maximum Gasteiger partial charge on any atom is 0.151 e. The molecular weight excluding hydrogens is 226 g/mol. The van der Waals surface area contributed by atoms with Crippen molar-refractivity contribution >= 4 is 5.82 Å². The average molecular weight is 245 g/mol. The zero-order valence-corrected chi connectivity index (χ0v) is 11.3. The number of aromatic nitrogens is 4. The Morgan fingerprint density at radius 2 is 2.06 bits per heavy atom. The predicted molar refractivity (Wildman–Crippen MR) is 71.3 cm³/mol. The molecule has 1 N–H and O–H groups in total. The van der Waals surface area contributed by atoms with Crippen LogP contribution in [0, 0.1) is 0 Å². The number of hydrogen-bond donors (Lipinski definition) is 1. The maximum atomic E-state index is 4.41. The normalized spacial score (nSPS) is 11.6. The molecule has 0 aliphatic heterocycles. The minimum atomic E-state index is 0.134. The lowest BCUT2D eigenvalue weighted by molar-refractivity contribution is 0.587. The van der Waals surface area contributed by atoms with E-state index in [4.69, 9.17) is 0 Å². The lowest BCUT2D eigenvalue weighted by Gasteiger charge is -2.18. The number of nitrogens with one attached hydrogen (secondary N) is 1. The molecular formula is C13H19N5. The van der Waals surface area contributed by atoms with E-state index in [0.717, 1.165) is 11.6 Å². The molecule has 5 nitrogen and oxygen atoms in total. The van der Waals surface area contributed by atoms with Gasteiger partial charge in [0.25, 0.3) is 0 Å². The van der Waals surface area contributed by atoms with Crippen molar-refractivity contribution in [2.45, 2.75) is 32.7 Å². The molecule has 0 radical (unpaired) electrons. The van der Waals surface area contributed by atoms with E-state index < -0.39 is 0 Å². The van der Waals surface area contributed by atoms with Crippen LogP contribution in [0.4, 0.5) is 5.82 Å². The minimum absolute atomic E-state index is 0.134. The summed E-state index contributed by atoms with van der Waals surface area (Å²) in [5.41, 5.74) is 1.36. The fourth-order valence-electron chi connectivity index (χ4n) is 1.58. The van der Waals surface area contributed by atoms with Gasteiger partial charge in [0.05, 0.1) is 6.54 Å². The van der Waals surface area contributed by atoms with E-state index in [9.17, 15) is 0 Å². The molecule has 2 aromatic heterocycles. The van der Waals surface area contributed by atoms with Crippen LogP contribution in [0.15, 0.2) is 24.7 Å². The van der Waals surface area contributed by atoms with Gasteiger partial charge in [0.1, 0.15) is 12.1 Å². The number of anilines is 1. The molecule has 0 saturated heterocycles. The number of aryl methyl sites for hydroxylation is 1. The number of nitrogens with zero attached hydrogens (tertiary/aromatic N) is 4. The monoisotopic (exact) mass is 245 g/mol. The minimum Gasteiger partial charge on any atom is -0.363 e. The van der Waals surface area contributed by atoms with Gasteiger partial charge < -0.3 is 9.88 Å². The predicted octanol–water partition coefficient (Wildman–Crippen LogP) is 2.12. The van der Waals surface area contributed by atoms with Crippen LogP contribution in [-0.2, 0) is 19.0 Å². The van der Waals surface area contributed by atoms with Crippen LogP contribution in [0.3, 0.4) is 0 Å². The molecule has 0 aliphatic carbocycles. The van der Waals surface area contributed by atoms with Gasteiger partial charge in [-0.3, -0.25) is 0 Å². The molecule has 0 atom stereocenters. The van der Waals surface area contributed by atoms with Crippen molar-refractivity contribution in [3.05, 3.63) is 36.0 Å². The van der Waals surface area contributed by atoms with Crippen LogP contribution in [0.1, 0.15) is 32.2 Å². The Hall–Kier alpha value is -1.91. The highest BCUT2D eigenvalue weighted by Gasteiger charge is 2.13. The Kier molecular flexibility index (Phi) is 3.32. The molecule has 2 aromatic rings. The molecule has 0 fully saturated rings. The van der Waals surface area contributed by atoms with Crippen LogP contribution in [0.25, 0.3) is 0 Å². The van der Waals surface area contributed by atoms with Crippen LogP contribution in [-0.4, -0.2) is 19.7 Å². The van der Waals surface area contributed by atoms with E-state index in [1.165, 1.54) is 5.56 Å². The highest BCUT2D eigenvalue weighted by Crippen LogP contribution is 2.21. The summed E-state index contributed by atoms with van der Waals surface area (Å²) < 4.78 is 1.89. The Morgan fingerprint density at radius 1 is 1.28 bits per heavy atom.